The van der Waals surface area contributed by atoms with E-state index in [0.717, 1.165) is 0 Å². The van der Waals surface area contributed by atoms with Crippen molar-refractivity contribution >= 4 is 5.91 Å². The molecular formula is C10H10N2O3. The Bertz CT molecular complexity index is 410. The van der Waals surface area contributed by atoms with E-state index in [0.29, 0.717) is 5.56 Å². The molecule has 0 heterocycles. The number of phenols is 1. The number of nitrogens with zero attached hydrogens (tertiary/aromatic N) is 1. The zero-order valence-electron chi connectivity index (χ0n) is 7.90. The molecule has 78 valence electrons. The number of rotatable bonds is 3. The summed E-state index contributed by atoms with van der Waals surface area (Å²) in [7, 11) is 0. The van der Waals surface area contributed by atoms with E-state index < -0.39 is 5.91 Å². The summed E-state index contributed by atoms with van der Waals surface area (Å²) in [5.74, 6) is -0.705. The summed E-state index contributed by atoms with van der Waals surface area (Å²) in [6.07, 6.45) is 0. The number of nitriles is 1. The minimum absolute atomic E-state index is 0.0301. The van der Waals surface area contributed by atoms with Crippen molar-refractivity contribution in [3.05, 3.63) is 29.3 Å². The molecule has 0 aromatic heterocycles. The molecule has 0 unspecified atom stereocenters. The first-order valence-electron chi connectivity index (χ1n) is 4.31. The fraction of sp³-hybridized carbons (Fsp3) is 0.200. The van der Waals surface area contributed by atoms with Crippen LogP contribution in [-0.2, 0) is 0 Å². The molecule has 15 heavy (non-hydrogen) atoms. The molecule has 1 rings (SSSR count). The molecule has 0 spiro atoms. The van der Waals surface area contributed by atoms with Crippen molar-refractivity contribution in [2.24, 2.45) is 0 Å². The molecule has 5 heteroatoms. The average Bonchev–Trinajstić information content (AvgIpc) is 2.26. The monoisotopic (exact) mass is 206 g/mol. The van der Waals surface area contributed by atoms with Crippen LogP contribution in [0.1, 0.15) is 15.9 Å². The third kappa shape index (κ3) is 2.69. The van der Waals surface area contributed by atoms with Gasteiger partial charge in [-0.2, -0.15) is 5.26 Å². The molecule has 5 nitrogen and oxygen atoms in total. The van der Waals surface area contributed by atoms with Gasteiger partial charge in [0, 0.05) is 6.54 Å². The maximum absolute atomic E-state index is 11.4. The van der Waals surface area contributed by atoms with Gasteiger partial charge in [-0.25, -0.2) is 0 Å². The number of benzene rings is 1. The highest BCUT2D eigenvalue weighted by Crippen LogP contribution is 2.17. The minimum atomic E-state index is -0.515. The summed E-state index contributed by atoms with van der Waals surface area (Å²) < 4.78 is 0. The van der Waals surface area contributed by atoms with Crippen LogP contribution in [0.25, 0.3) is 0 Å². The minimum Gasteiger partial charge on any atom is -0.507 e. The van der Waals surface area contributed by atoms with Crippen molar-refractivity contribution < 1.29 is 15.0 Å². The third-order valence-electron chi connectivity index (χ3n) is 1.77. The maximum atomic E-state index is 11.4. The zero-order valence-corrected chi connectivity index (χ0v) is 7.90. The molecular weight excluding hydrogens is 196 g/mol. The molecule has 0 saturated heterocycles. The van der Waals surface area contributed by atoms with Crippen LogP contribution in [0.3, 0.4) is 0 Å². The second-order valence-electron chi connectivity index (χ2n) is 2.82. The second kappa shape index (κ2) is 4.98. The number of hydrogen-bond donors (Lipinski definition) is 3. The van der Waals surface area contributed by atoms with Gasteiger partial charge < -0.3 is 15.5 Å². The molecule has 0 aliphatic rings. The average molecular weight is 206 g/mol. The first kappa shape index (κ1) is 11.0. The van der Waals surface area contributed by atoms with E-state index >= 15 is 0 Å². The summed E-state index contributed by atoms with van der Waals surface area (Å²) in [6, 6.07) is 5.86. The molecule has 0 aliphatic heterocycles. The predicted octanol–water partition coefficient (Wildman–Crippen LogP) is -0.0140. The smallest absolute Gasteiger partial charge is 0.255 e. The fourth-order valence-electron chi connectivity index (χ4n) is 1.05. The number of aromatic hydroxyl groups is 1. The van der Waals surface area contributed by atoms with E-state index in [-0.39, 0.29) is 24.5 Å². The van der Waals surface area contributed by atoms with E-state index in [1.54, 1.807) is 0 Å². The van der Waals surface area contributed by atoms with E-state index in [4.69, 9.17) is 10.4 Å². The Kier molecular flexibility index (Phi) is 3.66. The molecule has 0 atom stereocenters. The lowest BCUT2D eigenvalue weighted by Gasteiger charge is -2.05. The summed E-state index contributed by atoms with van der Waals surface area (Å²) in [5, 5.41) is 28.9. The first-order chi connectivity index (χ1) is 7.19. The van der Waals surface area contributed by atoms with Crippen molar-refractivity contribution in [1.29, 1.82) is 5.26 Å². The highest BCUT2D eigenvalue weighted by atomic mass is 16.3. The number of nitrogens with one attached hydrogen (secondary N) is 1. The predicted molar refractivity (Wildman–Crippen MR) is 52.2 cm³/mol. The van der Waals surface area contributed by atoms with Gasteiger partial charge in [-0.15, -0.1) is 0 Å². The quantitative estimate of drug-likeness (QED) is 0.648. The van der Waals surface area contributed by atoms with Gasteiger partial charge in [-0.3, -0.25) is 4.79 Å². The van der Waals surface area contributed by atoms with Crippen molar-refractivity contribution in [1.82, 2.24) is 5.32 Å². The zero-order chi connectivity index (χ0) is 11.3. The Labute approximate surface area is 86.6 Å². The van der Waals surface area contributed by atoms with Crippen molar-refractivity contribution in [3.63, 3.8) is 0 Å². The van der Waals surface area contributed by atoms with Crippen molar-refractivity contribution in [3.8, 4) is 11.8 Å². The SMILES string of the molecule is N#Cc1ccc(O)c(C(=O)NCCO)c1. The van der Waals surface area contributed by atoms with Gasteiger partial charge in [0.2, 0.25) is 0 Å². The van der Waals surface area contributed by atoms with E-state index in [1.165, 1.54) is 18.2 Å². The van der Waals surface area contributed by atoms with Gasteiger partial charge >= 0.3 is 0 Å². The number of carbonyl (C=O) groups excluding carboxylic acids is 1. The van der Waals surface area contributed by atoms with Crippen LogP contribution in [0.15, 0.2) is 18.2 Å². The molecule has 3 N–H and O–H groups in total. The summed E-state index contributed by atoms with van der Waals surface area (Å²) in [5.41, 5.74) is 0.324. The second-order valence-corrected chi connectivity index (χ2v) is 2.82. The molecule has 0 bridgehead atoms. The van der Waals surface area contributed by atoms with Crippen LogP contribution >= 0.6 is 0 Å². The van der Waals surface area contributed by atoms with E-state index in [9.17, 15) is 9.90 Å². The van der Waals surface area contributed by atoms with Gasteiger partial charge in [0.05, 0.1) is 23.8 Å². The van der Waals surface area contributed by atoms with Crippen LogP contribution in [0, 0.1) is 11.3 Å². The van der Waals surface area contributed by atoms with Crippen molar-refractivity contribution in [2.75, 3.05) is 13.2 Å². The molecule has 1 aromatic carbocycles. The van der Waals surface area contributed by atoms with Crippen LogP contribution in [0.4, 0.5) is 0 Å². The Morgan fingerprint density at radius 2 is 2.27 bits per heavy atom. The molecule has 0 radical (unpaired) electrons. The number of amides is 1. The summed E-state index contributed by atoms with van der Waals surface area (Å²) in [4.78, 5) is 11.4. The van der Waals surface area contributed by atoms with Crippen LogP contribution in [-0.4, -0.2) is 29.3 Å². The number of aliphatic hydroxyl groups is 1. The Hall–Kier alpha value is -2.06. The third-order valence-corrected chi connectivity index (χ3v) is 1.77. The van der Waals surface area contributed by atoms with Crippen molar-refractivity contribution in [2.45, 2.75) is 0 Å². The Morgan fingerprint density at radius 3 is 2.87 bits per heavy atom. The van der Waals surface area contributed by atoms with Gasteiger partial charge in [-0.1, -0.05) is 0 Å². The molecule has 0 saturated carbocycles. The largest absolute Gasteiger partial charge is 0.507 e. The van der Waals surface area contributed by atoms with Gasteiger partial charge in [0.15, 0.2) is 0 Å². The van der Waals surface area contributed by atoms with E-state index in [2.05, 4.69) is 5.32 Å². The Balaban J connectivity index is 2.93. The lowest BCUT2D eigenvalue weighted by Crippen LogP contribution is -2.26. The fourth-order valence-corrected chi connectivity index (χ4v) is 1.05. The molecule has 1 aromatic rings. The lowest BCUT2D eigenvalue weighted by molar-refractivity contribution is 0.0942. The summed E-state index contributed by atoms with van der Waals surface area (Å²) in [6.45, 7) is -0.0699. The molecule has 0 fully saturated rings. The van der Waals surface area contributed by atoms with Crippen LogP contribution < -0.4 is 5.32 Å². The first-order valence-corrected chi connectivity index (χ1v) is 4.31. The number of phenolic OH excluding ortho intramolecular Hbond substituents is 1. The van der Waals surface area contributed by atoms with Crippen LogP contribution in [0.2, 0.25) is 0 Å². The highest BCUT2D eigenvalue weighted by Gasteiger charge is 2.10. The van der Waals surface area contributed by atoms with E-state index in [1.807, 2.05) is 6.07 Å². The number of hydrogen-bond acceptors (Lipinski definition) is 4. The van der Waals surface area contributed by atoms with Gasteiger partial charge in [0.1, 0.15) is 5.75 Å². The lowest BCUT2D eigenvalue weighted by atomic mass is 10.1. The standard InChI is InChI=1S/C10H10N2O3/c11-6-7-1-2-9(14)8(5-7)10(15)12-3-4-13/h1-2,5,13-14H,3-4H2,(H,12,15). The number of carbonyl (C=O) groups is 1. The maximum Gasteiger partial charge on any atom is 0.255 e. The highest BCUT2D eigenvalue weighted by molar-refractivity contribution is 5.97. The topological polar surface area (TPSA) is 93.3 Å². The molecule has 1 amide bonds. The van der Waals surface area contributed by atoms with Crippen LogP contribution in [0.5, 0.6) is 5.75 Å². The Morgan fingerprint density at radius 1 is 1.53 bits per heavy atom. The normalized spacial score (nSPS) is 9.33. The summed E-state index contributed by atoms with van der Waals surface area (Å²) >= 11 is 0. The molecule has 0 aliphatic carbocycles. The van der Waals surface area contributed by atoms with Gasteiger partial charge in [-0.05, 0) is 18.2 Å². The number of aliphatic hydroxyl groups excluding tert-OH is 1. The van der Waals surface area contributed by atoms with Gasteiger partial charge in [0.25, 0.3) is 5.91 Å².